The van der Waals surface area contributed by atoms with E-state index in [1.54, 1.807) is 0 Å². The normalized spacial score (nSPS) is 34.3. The molecule has 1 saturated heterocycles. The maximum Gasteiger partial charge on any atom is 0.104 e. The summed E-state index contributed by atoms with van der Waals surface area (Å²) >= 11 is 0. The van der Waals surface area contributed by atoms with Gasteiger partial charge in [-0.25, -0.2) is 0 Å². The zero-order chi connectivity index (χ0) is 11.4. The van der Waals surface area contributed by atoms with Gasteiger partial charge in [0, 0.05) is 6.61 Å². The Labute approximate surface area is 98.4 Å². The minimum atomic E-state index is 0.398. The van der Waals surface area contributed by atoms with Crippen LogP contribution < -0.4 is 0 Å². The van der Waals surface area contributed by atoms with Crippen molar-refractivity contribution in [2.45, 2.75) is 57.8 Å². The molecule has 0 aromatic heterocycles. The molecule has 2 fully saturated rings. The monoisotopic (exact) mass is 228 g/mol. The highest BCUT2D eigenvalue weighted by atomic mass is 16.6. The van der Waals surface area contributed by atoms with Gasteiger partial charge in [0.15, 0.2) is 0 Å². The van der Waals surface area contributed by atoms with Crippen molar-refractivity contribution >= 4 is 0 Å². The van der Waals surface area contributed by atoms with Gasteiger partial charge in [-0.05, 0) is 31.6 Å². The van der Waals surface area contributed by atoms with E-state index >= 15 is 0 Å². The molecule has 94 valence electrons. The molecule has 3 nitrogen and oxygen atoms in total. The quantitative estimate of drug-likeness (QED) is 0.654. The highest BCUT2D eigenvalue weighted by Crippen LogP contribution is 2.24. The van der Waals surface area contributed by atoms with Gasteiger partial charge in [0.25, 0.3) is 0 Å². The minimum absolute atomic E-state index is 0.398. The third kappa shape index (κ3) is 4.40. The molecule has 1 aliphatic heterocycles. The average molecular weight is 228 g/mol. The fraction of sp³-hybridized carbons (Fsp3) is 1.00. The Morgan fingerprint density at radius 2 is 1.62 bits per heavy atom. The van der Waals surface area contributed by atoms with Crippen molar-refractivity contribution in [2.24, 2.45) is 5.92 Å². The summed E-state index contributed by atoms with van der Waals surface area (Å²) in [5.74, 6) is 0.640. The summed E-state index contributed by atoms with van der Waals surface area (Å²) in [7, 11) is 0. The summed E-state index contributed by atoms with van der Waals surface area (Å²) in [5, 5.41) is 0. The molecular formula is C13H24O3. The Bertz CT molecular complexity index is 179. The lowest BCUT2D eigenvalue weighted by Crippen LogP contribution is -2.28. The van der Waals surface area contributed by atoms with E-state index in [1.165, 1.54) is 0 Å². The molecule has 0 amide bonds. The Morgan fingerprint density at radius 1 is 1.06 bits per heavy atom. The van der Waals surface area contributed by atoms with Gasteiger partial charge < -0.3 is 14.2 Å². The topological polar surface area (TPSA) is 31.0 Å². The first-order chi connectivity index (χ1) is 7.74. The van der Waals surface area contributed by atoms with Crippen LogP contribution in [0.15, 0.2) is 0 Å². The zero-order valence-electron chi connectivity index (χ0n) is 10.5. The highest BCUT2D eigenvalue weighted by molar-refractivity contribution is 4.75. The lowest BCUT2D eigenvalue weighted by Gasteiger charge is -2.29. The first kappa shape index (κ1) is 12.3. The summed E-state index contributed by atoms with van der Waals surface area (Å²) < 4.78 is 16.8. The third-order valence-corrected chi connectivity index (χ3v) is 3.21. The average Bonchev–Trinajstić information content (AvgIpc) is 3.09. The Hall–Kier alpha value is -0.120. The molecule has 1 atom stereocenters. The molecule has 3 heteroatoms. The van der Waals surface area contributed by atoms with E-state index < -0.39 is 0 Å². The van der Waals surface area contributed by atoms with Crippen LogP contribution in [0.2, 0.25) is 0 Å². The number of ether oxygens (including phenoxy) is 3. The predicted molar refractivity (Wildman–Crippen MR) is 62.5 cm³/mol. The molecule has 16 heavy (non-hydrogen) atoms. The number of hydrogen-bond donors (Lipinski definition) is 0. The molecule has 2 aliphatic rings. The molecule has 0 aromatic carbocycles. The summed E-state index contributed by atoms with van der Waals surface area (Å²) in [6.07, 6.45) is 5.92. The second-order valence-corrected chi connectivity index (χ2v) is 5.41. The molecule has 1 aliphatic carbocycles. The SMILES string of the molecule is CC(C)COC1CCC(OCC2CO2)CC1. The smallest absolute Gasteiger partial charge is 0.104 e. The van der Waals surface area contributed by atoms with Crippen molar-refractivity contribution in [3.05, 3.63) is 0 Å². The first-order valence-electron chi connectivity index (χ1n) is 6.59. The van der Waals surface area contributed by atoms with Crippen LogP contribution in [0, 0.1) is 5.92 Å². The number of epoxide rings is 1. The highest BCUT2D eigenvalue weighted by Gasteiger charge is 2.27. The van der Waals surface area contributed by atoms with Gasteiger partial charge in [-0.2, -0.15) is 0 Å². The van der Waals surface area contributed by atoms with Crippen LogP contribution in [0.3, 0.4) is 0 Å². The van der Waals surface area contributed by atoms with Gasteiger partial charge in [-0.3, -0.25) is 0 Å². The minimum Gasteiger partial charge on any atom is -0.378 e. The molecule has 1 unspecified atom stereocenters. The number of rotatable bonds is 6. The lowest BCUT2D eigenvalue weighted by atomic mass is 9.95. The van der Waals surface area contributed by atoms with Crippen molar-refractivity contribution in [1.29, 1.82) is 0 Å². The van der Waals surface area contributed by atoms with Gasteiger partial charge in [0.05, 0.1) is 25.4 Å². The molecule has 0 N–H and O–H groups in total. The molecule has 1 saturated carbocycles. The van der Waals surface area contributed by atoms with Crippen LogP contribution in [0.5, 0.6) is 0 Å². The summed E-state index contributed by atoms with van der Waals surface area (Å²) in [5.41, 5.74) is 0. The molecule has 2 rings (SSSR count). The van der Waals surface area contributed by atoms with Crippen molar-refractivity contribution < 1.29 is 14.2 Å². The van der Waals surface area contributed by atoms with Crippen LogP contribution in [0.4, 0.5) is 0 Å². The van der Waals surface area contributed by atoms with E-state index in [0.29, 0.717) is 24.2 Å². The zero-order valence-corrected chi connectivity index (χ0v) is 10.5. The van der Waals surface area contributed by atoms with Crippen LogP contribution >= 0.6 is 0 Å². The van der Waals surface area contributed by atoms with E-state index in [4.69, 9.17) is 14.2 Å². The van der Waals surface area contributed by atoms with Crippen LogP contribution in [-0.2, 0) is 14.2 Å². The van der Waals surface area contributed by atoms with E-state index in [-0.39, 0.29) is 0 Å². The largest absolute Gasteiger partial charge is 0.378 e. The molecule has 1 heterocycles. The van der Waals surface area contributed by atoms with Crippen molar-refractivity contribution in [1.82, 2.24) is 0 Å². The van der Waals surface area contributed by atoms with Gasteiger partial charge >= 0.3 is 0 Å². The lowest BCUT2D eigenvalue weighted by molar-refractivity contribution is -0.0399. The van der Waals surface area contributed by atoms with E-state index in [0.717, 1.165) is 45.5 Å². The van der Waals surface area contributed by atoms with E-state index in [2.05, 4.69) is 13.8 Å². The van der Waals surface area contributed by atoms with Crippen LogP contribution in [-0.4, -0.2) is 38.1 Å². The summed E-state index contributed by atoms with van der Waals surface area (Å²) in [6, 6.07) is 0. The molecule has 0 bridgehead atoms. The van der Waals surface area contributed by atoms with Crippen molar-refractivity contribution in [2.75, 3.05) is 19.8 Å². The summed E-state index contributed by atoms with van der Waals surface area (Å²) in [4.78, 5) is 0. The second kappa shape index (κ2) is 5.99. The molecule has 0 radical (unpaired) electrons. The molecular weight excluding hydrogens is 204 g/mol. The van der Waals surface area contributed by atoms with Gasteiger partial charge in [-0.1, -0.05) is 13.8 Å². The van der Waals surface area contributed by atoms with Crippen molar-refractivity contribution in [3.8, 4) is 0 Å². The molecule has 0 aromatic rings. The van der Waals surface area contributed by atoms with Gasteiger partial charge in [0.2, 0.25) is 0 Å². The predicted octanol–water partition coefficient (Wildman–Crippen LogP) is 2.39. The van der Waals surface area contributed by atoms with Crippen LogP contribution in [0.25, 0.3) is 0 Å². The van der Waals surface area contributed by atoms with Gasteiger partial charge in [0.1, 0.15) is 6.10 Å². The maximum absolute atomic E-state index is 5.85. The van der Waals surface area contributed by atoms with Crippen molar-refractivity contribution in [3.63, 3.8) is 0 Å². The van der Waals surface area contributed by atoms with E-state index in [9.17, 15) is 0 Å². The third-order valence-electron chi connectivity index (χ3n) is 3.21. The Morgan fingerprint density at radius 3 is 2.12 bits per heavy atom. The first-order valence-corrected chi connectivity index (χ1v) is 6.59. The number of hydrogen-bond acceptors (Lipinski definition) is 3. The van der Waals surface area contributed by atoms with E-state index in [1.807, 2.05) is 0 Å². The van der Waals surface area contributed by atoms with Crippen LogP contribution in [0.1, 0.15) is 39.5 Å². The standard InChI is InChI=1S/C13H24O3/c1-10(2)7-14-11-3-5-12(6-4-11)15-8-13-9-16-13/h10-13H,3-9H2,1-2H3. The fourth-order valence-electron chi connectivity index (χ4n) is 2.10. The second-order valence-electron chi connectivity index (χ2n) is 5.41. The summed E-state index contributed by atoms with van der Waals surface area (Å²) in [6.45, 7) is 6.98. The Kier molecular flexibility index (Phi) is 4.62. The Balaban J connectivity index is 1.54. The maximum atomic E-state index is 5.85. The fourth-order valence-corrected chi connectivity index (χ4v) is 2.10. The molecule has 0 spiro atoms. The van der Waals surface area contributed by atoms with Gasteiger partial charge in [-0.15, -0.1) is 0 Å².